The summed E-state index contributed by atoms with van der Waals surface area (Å²) in [6, 6.07) is 6.92. The third kappa shape index (κ3) is 4.56. The summed E-state index contributed by atoms with van der Waals surface area (Å²) in [6.07, 6.45) is 2.62. The lowest BCUT2D eigenvalue weighted by Crippen LogP contribution is -2.13. The third-order valence-electron chi connectivity index (χ3n) is 3.40. The number of carbonyl (C=O) groups is 1. The van der Waals surface area contributed by atoms with Crippen LogP contribution in [0.2, 0.25) is 0 Å². The Morgan fingerprint density at radius 1 is 1.39 bits per heavy atom. The minimum Gasteiger partial charge on any atom is -0.481 e. The van der Waals surface area contributed by atoms with Crippen LogP contribution in [0.15, 0.2) is 35.5 Å². The molecule has 0 bridgehead atoms. The zero-order valence-corrected chi connectivity index (χ0v) is 13.8. The number of aryl methyl sites for hydroxylation is 3. The molecule has 0 saturated carbocycles. The van der Waals surface area contributed by atoms with Crippen LogP contribution in [0, 0.1) is 6.92 Å². The first-order chi connectivity index (χ1) is 10.8. The zero-order valence-electron chi connectivity index (χ0n) is 13.0. The van der Waals surface area contributed by atoms with Gasteiger partial charge in [0.15, 0.2) is 5.03 Å². The van der Waals surface area contributed by atoms with E-state index in [2.05, 4.69) is 9.71 Å². The molecular weight excluding hydrogens is 318 g/mol. The highest BCUT2D eigenvalue weighted by Crippen LogP contribution is 2.18. The maximum atomic E-state index is 12.3. The fourth-order valence-electron chi connectivity index (χ4n) is 2.10. The van der Waals surface area contributed by atoms with Crippen LogP contribution in [-0.2, 0) is 28.3 Å². The van der Waals surface area contributed by atoms with Crippen molar-refractivity contribution in [2.45, 2.75) is 31.2 Å². The molecule has 0 unspecified atom stereocenters. The molecule has 0 aliphatic carbocycles. The summed E-state index contributed by atoms with van der Waals surface area (Å²) in [5, 5.41) is 8.62. The molecule has 0 spiro atoms. The minimum atomic E-state index is -3.74. The maximum absolute atomic E-state index is 12.3. The number of imidazole rings is 1. The van der Waals surface area contributed by atoms with Crippen LogP contribution in [-0.4, -0.2) is 29.0 Å². The number of sulfonamides is 1. The summed E-state index contributed by atoms with van der Waals surface area (Å²) < 4.78 is 28.8. The van der Waals surface area contributed by atoms with E-state index in [1.54, 1.807) is 36.7 Å². The fourth-order valence-corrected chi connectivity index (χ4v) is 3.19. The van der Waals surface area contributed by atoms with E-state index in [-0.39, 0.29) is 11.4 Å². The predicted molar refractivity (Wildman–Crippen MR) is 85.8 cm³/mol. The Morgan fingerprint density at radius 3 is 2.74 bits per heavy atom. The van der Waals surface area contributed by atoms with E-state index >= 15 is 0 Å². The summed E-state index contributed by atoms with van der Waals surface area (Å²) in [4.78, 5) is 14.5. The van der Waals surface area contributed by atoms with E-state index < -0.39 is 16.0 Å². The van der Waals surface area contributed by atoms with Gasteiger partial charge in [-0.25, -0.2) is 4.98 Å². The Labute approximate surface area is 135 Å². The van der Waals surface area contributed by atoms with Gasteiger partial charge in [0.1, 0.15) is 5.82 Å². The number of hydrogen-bond donors (Lipinski definition) is 2. The largest absolute Gasteiger partial charge is 0.481 e. The van der Waals surface area contributed by atoms with Crippen molar-refractivity contribution in [2.24, 2.45) is 7.05 Å². The first-order valence-electron chi connectivity index (χ1n) is 7.11. The van der Waals surface area contributed by atoms with Crippen molar-refractivity contribution in [1.29, 1.82) is 0 Å². The average Bonchev–Trinajstić information content (AvgIpc) is 2.79. The number of nitrogens with zero attached hydrogens (tertiary/aromatic N) is 2. The van der Waals surface area contributed by atoms with Crippen molar-refractivity contribution in [3.05, 3.63) is 41.9 Å². The van der Waals surface area contributed by atoms with Crippen molar-refractivity contribution in [3.63, 3.8) is 0 Å². The highest BCUT2D eigenvalue weighted by atomic mass is 32.2. The second-order valence-electron chi connectivity index (χ2n) is 5.29. The lowest BCUT2D eigenvalue weighted by molar-refractivity contribution is -0.137. The predicted octanol–water partition coefficient (Wildman–Crippen LogP) is 1.94. The Hall–Kier alpha value is -2.35. The number of nitrogens with one attached hydrogen (secondary N) is 1. The van der Waals surface area contributed by atoms with E-state index in [0.717, 1.165) is 5.56 Å². The van der Waals surface area contributed by atoms with Gasteiger partial charge in [-0.15, -0.1) is 0 Å². The lowest BCUT2D eigenvalue weighted by Gasteiger charge is -2.07. The summed E-state index contributed by atoms with van der Waals surface area (Å²) in [5.41, 5.74) is 1.31. The molecule has 124 valence electrons. The quantitative estimate of drug-likeness (QED) is 0.804. The third-order valence-corrected chi connectivity index (χ3v) is 4.65. The second-order valence-corrected chi connectivity index (χ2v) is 6.92. The number of aromatic nitrogens is 2. The highest BCUT2D eigenvalue weighted by molar-refractivity contribution is 7.92. The summed E-state index contributed by atoms with van der Waals surface area (Å²) in [5.74, 6) is -0.236. The Bertz CT molecular complexity index is 792. The molecule has 0 saturated heterocycles. The van der Waals surface area contributed by atoms with Crippen molar-refractivity contribution in [2.75, 3.05) is 4.72 Å². The summed E-state index contributed by atoms with van der Waals surface area (Å²) >= 11 is 0. The number of aliphatic carboxylic acids is 1. The monoisotopic (exact) mass is 337 g/mol. The Morgan fingerprint density at radius 2 is 2.13 bits per heavy atom. The van der Waals surface area contributed by atoms with Gasteiger partial charge < -0.3 is 9.67 Å². The van der Waals surface area contributed by atoms with Gasteiger partial charge in [0.25, 0.3) is 10.0 Å². The van der Waals surface area contributed by atoms with Crippen molar-refractivity contribution in [1.82, 2.24) is 9.55 Å². The van der Waals surface area contributed by atoms with Crippen LogP contribution < -0.4 is 4.72 Å². The lowest BCUT2D eigenvalue weighted by atomic mass is 10.1. The molecule has 0 amide bonds. The highest BCUT2D eigenvalue weighted by Gasteiger charge is 2.18. The number of hydrogen-bond acceptors (Lipinski definition) is 4. The van der Waals surface area contributed by atoms with E-state index in [1.165, 1.54) is 6.20 Å². The SMILES string of the molecule is Cc1nc(S(=O)(=O)Nc2cccc(CCCC(=O)O)c2)cn1C. The second kappa shape index (κ2) is 6.82. The van der Waals surface area contributed by atoms with Gasteiger partial charge in [-0.1, -0.05) is 12.1 Å². The topological polar surface area (TPSA) is 101 Å². The van der Waals surface area contributed by atoms with Crippen LogP contribution in [0.1, 0.15) is 24.2 Å². The zero-order chi connectivity index (χ0) is 17.0. The Balaban J connectivity index is 2.11. The van der Waals surface area contributed by atoms with Crippen molar-refractivity contribution >= 4 is 21.7 Å². The van der Waals surface area contributed by atoms with Crippen molar-refractivity contribution < 1.29 is 18.3 Å². The smallest absolute Gasteiger partial charge is 0.303 e. The van der Waals surface area contributed by atoms with Crippen LogP contribution in [0.4, 0.5) is 5.69 Å². The molecule has 0 fully saturated rings. The maximum Gasteiger partial charge on any atom is 0.303 e. The molecular formula is C15H19N3O4S. The molecule has 0 atom stereocenters. The van der Waals surface area contributed by atoms with Gasteiger partial charge in [0, 0.05) is 25.4 Å². The van der Waals surface area contributed by atoms with Crippen LogP contribution in [0.5, 0.6) is 0 Å². The number of rotatable bonds is 7. The van der Waals surface area contributed by atoms with Crippen LogP contribution in [0.25, 0.3) is 0 Å². The van der Waals surface area contributed by atoms with E-state index in [0.29, 0.717) is 24.4 Å². The van der Waals surface area contributed by atoms with E-state index in [1.807, 2.05) is 6.07 Å². The van der Waals surface area contributed by atoms with Gasteiger partial charge in [0.05, 0.1) is 0 Å². The number of benzene rings is 1. The minimum absolute atomic E-state index is 0.0335. The summed E-state index contributed by atoms with van der Waals surface area (Å²) in [7, 11) is -2.02. The molecule has 1 aromatic carbocycles. The summed E-state index contributed by atoms with van der Waals surface area (Å²) in [6.45, 7) is 1.72. The van der Waals surface area contributed by atoms with Gasteiger partial charge in [-0.05, 0) is 37.5 Å². The van der Waals surface area contributed by atoms with E-state index in [9.17, 15) is 13.2 Å². The average molecular weight is 337 g/mol. The number of carboxylic acid groups (broad SMARTS) is 1. The molecule has 0 aliphatic heterocycles. The standard InChI is InChI=1S/C15H19N3O4S/c1-11-16-14(10-18(11)2)23(21,22)17-13-7-3-5-12(9-13)6-4-8-15(19)20/h3,5,7,9-10,17H,4,6,8H2,1-2H3,(H,19,20). The van der Waals surface area contributed by atoms with Crippen LogP contribution in [0.3, 0.4) is 0 Å². The molecule has 2 rings (SSSR count). The first kappa shape index (κ1) is 17.0. The molecule has 2 N–H and O–H groups in total. The van der Waals surface area contributed by atoms with Gasteiger partial charge in [0.2, 0.25) is 0 Å². The molecule has 23 heavy (non-hydrogen) atoms. The van der Waals surface area contributed by atoms with Crippen LogP contribution >= 0.6 is 0 Å². The normalized spacial score (nSPS) is 11.4. The Kier molecular flexibility index (Phi) is 5.05. The van der Waals surface area contributed by atoms with Gasteiger partial charge in [-0.2, -0.15) is 8.42 Å². The number of carboxylic acids is 1. The molecule has 7 nitrogen and oxygen atoms in total. The molecule has 0 radical (unpaired) electrons. The number of anilines is 1. The van der Waals surface area contributed by atoms with Crippen molar-refractivity contribution in [3.8, 4) is 0 Å². The van der Waals surface area contributed by atoms with Gasteiger partial charge >= 0.3 is 5.97 Å². The molecule has 0 aliphatic rings. The molecule has 1 aromatic heterocycles. The fraction of sp³-hybridized carbons (Fsp3) is 0.333. The molecule has 8 heteroatoms. The first-order valence-corrected chi connectivity index (χ1v) is 8.60. The van der Waals surface area contributed by atoms with E-state index in [4.69, 9.17) is 5.11 Å². The molecule has 1 heterocycles. The molecule has 2 aromatic rings. The van der Waals surface area contributed by atoms with Gasteiger partial charge in [-0.3, -0.25) is 9.52 Å².